The summed E-state index contributed by atoms with van der Waals surface area (Å²) in [6.45, 7) is 2.30. The summed E-state index contributed by atoms with van der Waals surface area (Å²) in [6.07, 6.45) is 7.03. The monoisotopic (exact) mass is 405 g/mol. The van der Waals surface area contributed by atoms with E-state index in [1.165, 1.54) is 0 Å². The molecule has 1 aliphatic carbocycles. The summed E-state index contributed by atoms with van der Waals surface area (Å²) < 4.78 is 8.46. The minimum Gasteiger partial charge on any atom is -0.495 e. The summed E-state index contributed by atoms with van der Waals surface area (Å²) in [5.74, 6) is 1.59. The molecule has 0 unspecified atom stereocenters. The molecule has 2 aliphatic rings. The summed E-state index contributed by atoms with van der Waals surface area (Å²) in [7, 11) is 3.65. The Labute approximate surface area is 156 Å². The molecular weight excluding hydrogens is 382 g/mol. The van der Waals surface area contributed by atoms with Gasteiger partial charge in [-0.3, -0.25) is 9.48 Å². The summed E-state index contributed by atoms with van der Waals surface area (Å²) in [5.41, 5.74) is 1.03. The minimum absolute atomic E-state index is 0.0752. The van der Waals surface area contributed by atoms with Gasteiger partial charge in [-0.05, 0) is 53.6 Å². The highest BCUT2D eigenvalue weighted by atomic mass is 79.9. The Morgan fingerprint density at radius 2 is 2.16 bits per heavy atom. The van der Waals surface area contributed by atoms with Crippen LogP contribution in [0.3, 0.4) is 0 Å². The topological polar surface area (TPSA) is 47.4 Å². The molecule has 2 aromatic rings. The number of hydrogen-bond donors (Lipinski definition) is 0. The Morgan fingerprint density at radius 3 is 2.80 bits per heavy atom. The number of nitrogens with zero attached hydrogens (tertiary/aromatic N) is 3. The van der Waals surface area contributed by atoms with Gasteiger partial charge in [0.05, 0.1) is 23.1 Å². The predicted octanol–water partition coefficient (Wildman–Crippen LogP) is 4.16. The van der Waals surface area contributed by atoms with Gasteiger partial charge < -0.3 is 9.64 Å². The molecule has 0 bridgehead atoms. The first kappa shape index (κ1) is 16.9. The highest BCUT2D eigenvalue weighted by Crippen LogP contribution is 2.47. The lowest BCUT2D eigenvalue weighted by molar-refractivity contribution is -0.131. The average molecular weight is 406 g/mol. The number of aromatic nitrogens is 2. The van der Waals surface area contributed by atoms with Crippen LogP contribution >= 0.6 is 15.9 Å². The first-order chi connectivity index (χ1) is 11.9. The second-order valence-electron chi connectivity index (χ2n) is 7.62. The van der Waals surface area contributed by atoms with Gasteiger partial charge in [0.1, 0.15) is 5.75 Å². The van der Waals surface area contributed by atoms with E-state index >= 15 is 0 Å². The zero-order chi connectivity index (χ0) is 17.8. The molecule has 6 heteroatoms. The zero-order valence-electron chi connectivity index (χ0n) is 15.0. The van der Waals surface area contributed by atoms with E-state index in [1.54, 1.807) is 7.11 Å². The van der Waals surface area contributed by atoms with Crippen molar-refractivity contribution >= 4 is 32.7 Å². The molecule has 0 radical (unpaired) electrons. The van der Waals surface area contributed by atoms with E-state index in [0.717, 1.165) is 46.8 Å². The third-order valence-corrected chi connectivity index (χ3v) is 6.91. The number of benzene rings is 1. The van der Waals surface area contributed by atoms with Gasteiger partial charge in [0, 0.05) is 36.7 Å². The van der Waals surface area contributed by atoms with Crippen LogP contribution in [0.5, 0.6) is 5.75 Å². The van der Waals surface area contributed by atoms with Gasteiger partial charge in [-0.25, -0.2) is 0 Å². The minimum atomic E-state index is 0.0752. The Hall–Kier alpha value is -1.56. The number of fused-ring (bicyclic) bond motifs is 1. The number of carbonyl (C=O) groups excluding carboxylic acids is 1. The number of rotatable bonds is 2. The normalized spacial score (nSPS) is 29.8. The third kappa shape index (κ3) is 2.65. The maximum absolute atomic E-state index is 12.0. The van der Waals surface area contributed by atoms with Crippen molar-refractivity contribution in [2.45, 2.75) is 50.6 Å². The fourth-order valence-corrected chi connectivity index (χ4v) is 5.30. The smallest absolute Gasteiger partial charge is 0.222 e. The largest absolute Gasteiger partial charge is 0.495 e. The van der Waals surface area contributed by atoms with Crippen molar-refractivity contribution in [2.75, 3.05) is 14.2 Å². The first-order valence-corrected chi connectivity index (χ1v) is 9.72. The first-order valence-electron chi connectivity index (χ1n) is 8.92. The van der Waals surface area contributed by atoms with E-state index in [-0.39, 0.29) is 5.54 Å². The molecule has 1 aromatic heterocycles. The molecular formula is C19H24BrN3O2. The number of halogens is 1. The van der Waals surface area contributed by atoms with Crippen molar-refractivity contribution < 1.29 is 9.53 Å². The molecule has 134 valence electrons. The molecule has 3 atom stereocenters. The van der Waals surface area contributed by atoms with Crippen molar-refractivity contribution in [2.24, 2.45) is 5.92 Å². The molecule has 5 nitrogen and oxygen atoms in total. The van der Waals surface area contributed by atoms with Crippen LogP contribution in [-0.2, 0) is 4.79 Å². The van der Waals surface area contributed by atoms with E-state index in [1.807, 2.05) is 18.0 Å². The van der Waals surface area contributed by atoms with Crippen LogP contribution in [0, 0.1) is 5.92 Å². The number of methoxy groups -OCH3 is 1. The summed E-state index contributed by atoms with van der Waals surface area (Å²) in [4.78, 5) is 14.0. The molecule has 1 saturated heterocycles. The Bertz CT molecular complexity index is 833. The number of likely N-dealkylation sites (tertiary alicyclic amines) is 1. The molecule has 4 rings (SSSR count). The second-order valence-corrected chi connectivity index (χ2v) is 8.47. The van der Waals surface area contributed by atoms with Crippen LogP contribution in [0.25, 0.3) is 10.9 Å². The molecule has 2 fully saturated rings. The third-order valence-electron chi connectivity index (χ3n) is 6.29. The van der Waals surface area contributed by atoms with E-state index in [4.69, 9.17) is 9.84 Å². The lowest BCUT2D eigenvalue weighted by Crippen LogP contribution is -2.48. The lowest BCUT2D eigenvalue weighted by atomic mass is 9.72. The molecule has 25 heavy (non-hydrogen) atoms. The van der Waals surface area contributed by atoms with Gasteiger partial charge in [0.25, 0.3) is 0 Å². The Kier molecular flexibility index (Phi) is 4.06. The maximum Gasteiger partial charge on any atom is 0.222 e. The molecule has 1 aromatic carbocycles. The van der Waals surface area contributed by atoms with Crippen LogP contribution in [0.4, 0.5) is 0 Å². The summed E-state index contributed by atoms with van der Waals surface area (Å²) >= 11 is 3.55. The fourth-order valence-electron chi connectivity index (χ4n) is 4.77. The number of amides is 1. The fraction of sp³-hybridized carbons (Fsp3) is 0.579. The van der Waals surface area contributed by atoms with Crippen molar-refractivity contribution in [3.05, 3.63) is 22.8 Å². The van der Waals surface area contributed by atoms with E-state index < -0.39 is 0 Å². The molecule has 1 aliphatic heterocycles. The van der Waals surface area contributed by atoms with Crippen molar-refractivity contribution in [1.29, 1.82) is 0 Å². The van der Waals surface area contributed by atoms with E-state index in [0.29, 0.717) is 24.3 Å². The van der Waals surface area contributed by atoms with E-state index in [2.05, 4.69) is 39.8 Å². The van der Waals surface area contributed by atoms with E-state index in [9.17, 15) is 4.79 Å². The molecule has 1 amide bonds. The Morgan fingerprint density at radius 1 is 1.36 bits per heavy atom. The highest BCUT2D eigenvalue weighted by molar-refractivity contribution is 9.10. The van der Waals surface area contributed by atoms with Crippen LogP contribution in [0.15, 0.2) is 22.8 Å². The van der Waals surface area contributed by atoms with Gasteiger partial charge in [0.2, 0.25) is 5.91 Å². The van der Waals surface area contributed by atoms with Gasteiger partial charge >= 0.3 is 0 Å². The Balaban J connectivity index is 1.61. The standard InChI is InChI=1S/C19H24BrN3O2/c1-12-10-19(7-5-18(24)22(19)2)6-4-16(12)23-11-13-8-14(20)17(25-3)9-15(13)21-23/h8-9,11-12,16H,4-7,10H2,1-3H3/t12-,16-,19-/m1/s1. The van der Waals surface area contributed by atoms with Crippen LogP contribution < -0.4 is 4.74 Å². The van der Waals surface area contributed by atoms with Crippen LogP contribution in [0.2, 0.25) is 0 Å². The molecule has 1 saturated carbocycles. The molecule has 2 heterocycles. The highest BCUT2D eigenvalue weighted by Gasteiger charge is 2.47. The lowest BCUT2D eigenvalue weighted by Gasteiger charge is -2.45. The van der Waals surface area contributed by atoms with Crippen molar-refractivity contribution in [1.82, 2.24) is 14.7 Å². The summed E-state index contributed by atoms with van der Waals surface area (Å²) in [5, 5.41) is 5.94. The van der Waals surface area contributed by atoms with Crippen LogP contribution in [0.1, 0.15) is 45.1 Å². The van der Waals surface area contributed by atoms with Gasteiger partial charge in [-0.2, -0.15) is 5.10 Å². The quantitative estimate of drug-likeness (QED) is 0.753. The number of hydrogen-bond acceptors (Lipinski definition) is 3. The molecule has 1 spiro atoms. The number of ether oxygens (including phenoxy) is 1. The molecule has 0 N–H and O–H groups in total. The van der Waals surface area contributed by atoms with Crippen LogP contribution in [-0.4, -0.2) is 40.3 Å². The SMILES string of the molecule is COc1cc2nn([C@@H]3CC[C@@]4(CCC(=O)N4C)C[C@H]3C)cc2cc1Br. The predicted molar refractivity (Wildman–Crippen MR) is 101 cm³/mol. The summed E-state index contributed by atoms with van der Waals surface area (Å²) in [6, 6.07) is 4.43. The number of carbonyl (C=O) groups is 1. The van der Waals surface area contributed by atoms with Crippen molar-refractivity contribution in [3.8, 4) is 5.75 Å². The van der Waals surface area contributed by atoms with Crippen molar-refractivity contribution in [3.63, 3.8) is 0 Å². The van der Waals surface area contributed by atoms with Gasteiger partial charge in [0.15, 0.2) is 0 Å². The maximum atomic E-state index is 12.0. The average Bonchev–Trinajstić information content (AvgIpc) is 3.10. The second kappa shape index (κ2) is 6.01. The van der Waals surface area contributed by atoms with Gasteiger partial charge in [-0.15, -0.1) is 0 Å². The zero-order valence-corrected chi connectivity index (χ0v) is 16.5. The van der Waals surface area contributed by atoms with Gasteiger partial charge in [-0.1, -0.05) is 6.92 Å².